The second kappa shape index (κ2) is 11.5. The molecular formula is C30H31N3O3. The average molecular weight is 482 g/mol. The number of carbonyl (C=O) groups excluding carboxylic acids is 2. The van der Waals surface area contributed by atoms with Gasteiger partial charge in [0.1, 0.15) is 0 Å². The third-order valence-corrected chi connectivity index (χ3v) is 5.98. The molecule has 6 nitrogen and oxygen atoms in total. The third-order valence-electron chi connectivity index (χ3n) is 5.98. The lowest BCUT2D eigenvalue weighted by atomic mass is 9.98. The van der Waals surface area contributed by atoms with Crippen LogP contribution in [0.1, 0.15) is 70.4 Å². The molecule has 36 heavy (non-hydrogen) atoms. The van der Waals surface area contributed by atoms with Gasteiger partial charge in [0.15, 0.2) is 5.69 Å². The van der Waals surface area contributed by atoms with Gasteiger partial charge in [-0.25, -0.2) is 9.48 Å². The van der Waals surface area contributed by atoms with E-state index in [1.165, 1.54) is 0 Å². The maximum atomic E-state index is 13.2. The topological polar surface area (TPSA) is 73.2 Å². The number of aromatic nitrogens is 2. The zero-order valence-corrected chi connectivity index (χ0v) is 20.8. The molecule has 1 heterocycles. The van der Waals surface area contributed by atoms with Crippen molar-refractivity contribution in [3.05, 3.63) is 119 Å². The summed E-state index contributed by atoms with van der Waals surface area (Å²) >= 11 is 0. The summed E-state index contributed by atoms with van der Waals surface area (Å²) in [5, 5.41) is 7.67. The molecule has 1 aromatic heterocycles. The van der Waals surface area contributed by atoms with E-state index in [4.69, 9.17) is 4.74 Å². The Bertz CT molecular complexity index is 1300. The van der Waals surface area contributed by atoms with Crippen molar-refractivity contribution in [2.75, 3.05) is 6.61 Å². The summed E-state index contributed by atoms with van der Waals surface area (Å²) in [6, 6.07) is 29.0. The van der Waals surface area contributed by atoms with Crippen molar-refractivity contribution in [2.45, 2.75) is 39.2 Å². The summed E-state index contributed by atoms with van der Waals surface area (Å²) in [4.78, 5) is 25.4. The molecule has 0 fully saturated rings. The van der Waals surface area contributed by atoms with E-state index in [0.717, 1.165) is 22.5 Å². The number of benzene rings is 3. The Balaban J connectivity index is 1.55. The zero-order valence-electron chi connectivity index (χ0n) is 20.8. The smallest absolute Gasteiger partial charge is 0.358 e. The fourth-order valence-corrected chi connectivity index (χ4v) is 4.10. The van der Waals surface area contributed by atoms with Crippen LogP contribution >= 0.6 is 0 Å². The third kappa shape index (κ3) is 5.89. The van der Waals surface area contributed by atoms with Crippen molar-refractivity contribution in [1.29, 1.82) is 0 Å². The van der Waals surface area contributed by atoms with Crippen molar-refractivity contribution >= 4 is 11.9 Å². The predicted octanol–water partition coefficient (Wildman–Crippen LogP) is 5.89. The highest BCUT2D eigenvalue weighted by molar-refractivity contribution is 5.94. The molecule has 6 heteroatoms. The van der Waals surface area contributed by atoms with Crippen LogP contribution in [0.3, 0.4) is 0 Å². The van der Waals surface area contributed by atoms with Crippen LogP contribution in [0.4, 0.5) is 0 Å². The Morgan fingerprint density at radius 3 is 2.17 bits per heavy atom. The Kier molecular flexibility index (Phi) is 7.95. The Hall–Kier alpha value is -4.19. The van der Waals surface area contributed by atoms with Crippen LogP contribution in [0.2, 0.25) is 0 Å². The maximum Gasteiger partial charge on any atom is 0.358 e. The number of amides is 1. The van der Waals surface area contributed by atoms with Crippen LogP contribution in [-0.2, 0) is 11.2 Å². The van der Waals surface area contributed by atoms with Gasteiger partial charge in [0.05, 0.1) is 18.3 Å². The van der Waals surface area contributed by atoms with Gasteiger partial charge in [-0.05, 0) is 60.7 Å². The average Bonchev–Trinajstić information content (AvgIpc) is 3.36. The summed E-state index contributed by atoms with van der Waals surface area (Å²) in [7, 11) is 0. The van der Waals surface area contributed by atoms with Crippen molar-refractivity contribution in [1.82, 2.24) is 15.1 Å². The number of nitrogens with zero attached hydrogens (tertiary/aromatic N) is 2. The highest BCUT2D eigenvalue weighted by atomic mass is 16.5. The van der Waals surface area contributed by atoms with E-state index in [2.05, 4.69) is 22.5 Å². The molecule has 0 radical (unpaired) electrons. The molecule has 0 aliphatic rings. The molecule has 184 valence electrons. The SMILES string of the molecule is CCOC(=O)c1cc(C(C)C)n(-c2ccc(C(=O)NC(Cc3ccccc3)c3ccccc3)cc2)n1. The minimum absolute atomic E-state index is 0.147. The largest absolute Gasteiger partial charge is 0.461 e. The van der Waals surface area contributed by atoms with E-state index in [1.807, 2.05) is 74.5 Å². The summed E-state index contributed by atoms with van der Waals surface area (Å²) < 4.78 is 6.85. The van der Waals surface area contributed by atoms with Crippen molar-refractivity contribution in [3.8, 4) is 5.69 Å². The second-order valence-corrected chi connectivity index (χ2v) is 8.91. The number of carbonyl (C=O) groups is 2. The molecule has 4 rings (SSSR count). The van der Waals surface area contributed by atoms with Gasteiger partial charge in [0.2, 0.25) is 0 Å². The van der Waals surface area contributed by atoms with Crippen LogP contribution in [0, 0.1) is 0 Å². The highest BCUT2D eigenvalue weighted by Crippen LogP contribution is 2.23. The molecule has 1 amide bonds. The molecular weight excluding hydrogens is 450 g/mol. The molecule has 1 unspecified atom stereocenters. The van der Waals surface area contributed by atoms with Gasteiger partial charge < -0.3 is 10.1 Å². The van der Waals surface area contributed by atoms with E-state index in [0.29, 0.717) is 18.6 Å². The number of rotatable bonds is 9. The van der Waals surface area contributed by atoms with Crippen LogP contribution < -0.4 is 5.32 Å². The number of hydrogen-bond donors (Lipinski definition) is 1. The molecule has 1 atom stereocenters. The minimum Gasteiger partial charge on any atom is -0.461 e. The summed E-state index contributed by atoms with van der Waals surface area (Å²) in [6.45, 7) is 6.15. The normalized spacial score (nSPS) is 11.8. The minimum atomic E-state index is -0.445. The van der Waals surface area contributed by atoms with Gasteiger partial charge >= 0.3 is 5.97 Å². The molecule has 0 aliphatic heterocycles. The molecule has 0 aliphatic carbocycles. The maximum absolute atomic E-state index is 13.2. The number of nitrogens with one attached hydrogen (secondary N) is 1. The first-order valence-electron chi connectivity index (χ1n) is 12.2. The van der Waals surface area contributed by atoms with E-state index < -0.39 is 5.97 Å². The van der Waals surface area contributed by atoms with Crippen LogP contribution in [0.25, 0.3) is 5.69 Å². The van der Waals surface area contributed by atoms with E-state index in [-0.39, 0.29) is 23.6 Å². The van der Waals surface area contributed by atoms with Gasteiger partial charge in [-0.2, -0.15) is 5.10 Å². The van der Waals surface area contributed by atoms with E-state index in [9.17, 15) is 9.59 Å². The van der Waals surface area contributed by atoms with Gasteiger partial charge in [-0.1, -0.05) is 74.5 Å². The zero-order chi connectivity index (χ0) is 25.5. The monoisotopic (exact) mass is 481 g/mol. The fourth-order valence-electron chi connectivity index (χ4n) is 4.10. The van der Waals surface area contributed by atoms with Crippen molar-refractivity contribution in [3.63, 3.8) is 0 Å². The number of ether oxygens (including phenoxy) is 1. The van der Waals surface area contributed by atoms with Crippen LogP contribution in [0.5, 0.6) is 0 Å². The Labute approximate surface area is 211 Å². The number of hydrogen-bond acceptors (Lipinski definition) is 4. The van der Waals surface area contributed by atoms with Crippen LogP contribution in [-0.4, -0.2) is 28.3 Å². The van der Waals surface area contributed by atoms with Gasteiger partial charge in [-0.3, -0.25) is 4.79 Å². The fraction of sp³-hybridized carbons (Fsp3) is 0.233. The highest BCUT2D eigenvalue weighted by Gasteiger charge is 2.20. The standard InChI is InChI=1S/C30H31N3O3/c1-4-36-30(35)27-20-28(21(2)3)33(32-27)25-17-15-24(16-18-25)29(34)31-26(23-13-9-6-10-14-23)19-22-11-7-5-8-12-22/h5-18,20-21,26H,4,19H2,1-3H3,(H,31,34). The lowest BCUT2D eigenvalue weighted by molar-refractivity contribution is 0.0518. The van der Waals surface area contributed by atoms with Crippen molar-refractivity contribution in [2.24, 2.45) is 0 Å². The molecule has 0 saturated carbocycles. The molecule has 0 bridgehead atoms. The van der Waals surface area contributed by atoms with E-state index in [1.54, 1.807) is 29.8 Å². The first kappa shape index (κ1) is 24.9. The Morgan fingerprint density at radius 1 is 0.917 bits per heavy atom. The lowest BCUT2D eigenvalue weighted by Gasteiger charge is -2.20. The van der Waals surface area contributed by atoms with Gasteiger partial charge in [0.25, 0.3) is 5.91 Å². The predicted molar refractivity (Wildman–Crippen MR) is 140 cm³/mol. The van der Waals surface area contributed by atoms with Gasteiger partial charge in [-0.15, -0.1) is 0 Å². The first-order valence-corrected chi connectivity index (χ1v) is 12.2. The summed E-state index contributed by atoms with van der Waals surface area (Å²) in [5.74, 6) is -0.448. The lowest BCUT2D eigenvalue weighted by Crippen LogP contribution is -2.30. The molecule has 4 aromatic rings. The Morgan fingerprint density at radius 2 is 1.56 bits per heavy atom. The van der Waals surface area contributed by atoms with Crippen LogP contribution in [0.15, 0.2) is 91.0 Å². The second-order valence-electron chi connectivity index (χ2n) is 8.91. The number of esters is 1. The molecule has 1 N–H and O–H groups in total. The first-order chi connectivity index (χ1) is 17.5. The molecule has 0 spiro atoms. The molecule has 0 saturated heterocycles. The quantitative estimate of drug-likeness (QED) is 0.303. The summed E-state index contributed by atoms with van der Waals surface area (Å²) in [5.41, 5.74) is 4.69. The summed E-state index contributed by atoms with van der Waals surface area (Å²) in [6.07, 6.45) is 0.691. The molecule has 3 aromatic carbocycles. The van der Waals surface area contributed by atoms with Crippen molar-refractivity contribution < 1.29 is 14.3 Å². The van der Waals surface area contributed by atoms with E-state index >= 15 is 0 Å². The van der Waals surface area contributed by atoms with Gasteiger partial charge in [0, 0.05) is 11.3 Å².